The number of methoxy groups -OCH3 is 1. The normalized spacial score (nSPS) is 16.5. The predicted octanol–water partition coefficient (Wildman–Crippen LogP) is 0.619. The molecule has 1 unspecified atom stereocenters. The van der Waals surface area contributed by atoms with Gasteiger partial charge in [0.2, 0.25) is 10.0 Å². The highest BCUT2D eigenvalue weighted by Crippen LogP contribution is 2.34. The summed E-state index contributed by atoms with van der Waals surface area (Å²) in [6, 6.07) is 3.06. The molecule has 1 aliphatic rings. The highest BCUT2D eigenvalue weighted by Gasteiger charge is 2.34. The van der Waals surface area contributed by atoms with E-state index >= 15 is 0 Å². The number of hydrogen-bond donors (Lipinski definition) is 2. The molecule has 1 saturated carbocycles. The molecule has 1 aromatic carbocycles. The summed E-state index contributed by atoms with van der Waals surface area (Å²) in [5, 5.41) is 10.7. The summed E-state index contributed by atoms with van der Waals surface area (Å²) in [6.45, 7) is 0.208. The molecule has 0 amide bonds. The first-order valence-corrected chi connectivity index (χ1v) is 7.92. The Morgan fingerprint density at radius 1 is 1.52 bits per heavy atom. The minimum atomic E-state index is -3.84. The fourth-order valence-electron chi connectivity index (χ4n) is 2.09. The molecule has 116 valence electrons. The molecule has 0 aromatic heterocycles. The van der Waals surface area contributed by atoms with Gasteiger partial charge >= 0.3 is 0 Å². The lowest BCUT2D eigenvalue weighted by Gasteiger charge is -2.17. The fraction of sp³-hybridized carbons (Fsp3) is 0.500. The fourth-order valence-corrected chi connectivity index (χ4v) is 3.56. The lowest BCUT2D eigenvalue weighted by molar-refractivity contribution is -0.385. The van der Waals surface area contributed by atoms with Crippen LogP contribution in [0.15, 0.2) is 23.1 Å². The summed E-state index contributed by atoms with van der Waals surface area (Å²) in [7, 11) is -2.58. The van der Waals surface area contributed by atoms with Crippen molar-refractivity contribution in [2.45, 2.75) is 23.8 Å². The first-order chi connectivity index (χ1) is 9.89. The number of non-ortho nitro benzene ring substituents is 1. The number of benzene rings is 1. The lowest BCUT2D eigenvalue weighted by atomic mass is 10.2. The van der Waals surface area contributed by atoms with Crippen molar-refractivity contribution >= 4 is 15.7 Å². The molecule has 1 aliphatic carbocycles. The SMILES string of the molecule is COc1cc([N+](=O)[O-])ccc1S(=O)(=O)NC(CN)C1CC1. The van der Waals surface area contributed by atoms with E-state index in [0.29, 0.717) is 0 Å². The zero-order chi connectivity index (χ0) is 15.6. The van der Waals surface area contributed by atoms with Crippen LogP contribution in [0, 0.1) is 16.0 Å². The quantitative estimate of drug-likeness (QED) is 0.561. The molecule has 9 heteroatoms. The maximum atomic E-state index is 12.4. The lowest BCUT2D eigenvalue weighted by Crippen LogP contribution is -2.41. The minimum absolute atomic E-state index is 0.0664. The van der Waals surface area contributed by atoms with Gasteiger partial charge in [-0.2, -0.15) is 0 Å². The molecule has 0 spiro atoms. The average molecular weight is 315 g/mol. The van der Waals surface area contributed by atoms with Crippen LogP contribution in [0.2, 0.25) is 0 Å². The summed E-state index contributed by atoms with van der Waals surface area (Å²) in [5.74, 6) is 0.192. The van der Waals surface area contributed by atoms with Gasteiger partial charge in [-0.15, -0.1) is 0 Å². The Labute approximate surface area is 122 Å². The predicted molar refractivity (Wildman–Crippen MR) is 75.5 cm³/mol. The Hall–Kier alpha value is -1.71. The number of nitro benzene ring substituents is 1. The number of nitrogens with one attached hydrogen (secondary N) is 1. The van der Waals surface area contributed by atoms with Gasteiger partial charge in [0.1, 0.15) is 10.6 Å². The summed E-state index contributed by atoms with van der Waals surface area (Å²) < 4.78 is 32.3. The number of rotatable bonds is 7. The molecule has 2 rings (SSSR count). The van der Waals surface area contributed by atoms with Gasteiger partial charge in [0.05, 0.1) is 18.1 Å². The van der Waals surface area contributed by atoms with Crippen molar-refractivity contribution in [2.24, 2.45) is 11.7 Å². The molecular weight excluding hydrogens is 298 g/mol. The zero-order valence-electron chi connectivity index (χ0n) is 11.5. The molecule has 1 atom stereocenters. The second kappa shape index (κ2) is 5.96. The van der Waals surface area contributed by atoms with E-state index in [9.17, 15) is 18.5 Å². The third-order valence-corrected chi connectivity index (χ3v) is 4.93. The molecule has 0 radical (unpaired) electrons. The molecule has 1 aromatic rings. The second-order valence-corrected chi connectivity index (χ2v) is 6.58. The van der Waals surface area contributed by atoms with Gasteiger partial charge < -0.3 is 10.5 Å². The van der Waals surface area contributed by atoms with E-state index in [1.54, 1.807) is 0 Å². The Balaban J connectivity index is 2.32. The summed E-state index contributed by atoms with van der Waals surface area (Å²) in [4.78, 5) is 9.98. The number of nitro groups is 1. The smallest absolute Gasteiger partial charge is 0.273 e. The van der Waals surface area contributed by atoms with Gasteiger partial charge in [0, 0.05) is 18.7 Å². The van der Waals surface area contributed by atoms with E-state index in [1.165, 1.54) is 13.2 Å². The van der Waals surface area contributed by atoms with Crippen LogP contribution in [0.4, 0.5) is 5.69 Å². The van der Waals surface area contributed by atoms with Crippen LogP contribution < -0.4 is 15.2 Å². The van der Waals surface area contributed by atoms with Crippen LogP contribution in [-0.2, 0) is 10.0 Å². The molecule has 0 bridgehead atoms. The number of nitrogens with zero attached hydrogens (tertiary/aromatic N) is 1. The van der Waals surface area contributed by atoms with Crippen molar-refractivity contribution in [2.75, 3.05) is 13.7 Å². The number of hydrogen-bond acceptors (Lipinski definition) is 6. The van der Waals surface area contributed by atoms with Crippen LogP contribution in [0.25, 0.3) is 0 Å². The van der Waals surface area contributed by atoms with Crippen molar-refractivity contribution < 1.29 is 18.1 Å². The minimum Gasteiger partial charge on any atom is -0.495 e. The highest BCUT2D eigenvalue weighted by atomic mass is 32.2. The van der Waals surface area contributed by atoms with Gasteiger partial charge in [-0.05, 0) is 24.8 Å². The number of nitrogens with two attached hydrogens (primary N) is 1. The first-order valence-electron chi connectivity index (χ1n) is 6.44. The highest BCUT2D eigenvalue weighted by molar-refractivity contribution is 7.89. The van der Waals surface area contributed by atoms with E-state index in [0.717, 1.165) is 25.0 Å². The molecule has 0 heterocycles. The zero-order valence-corrected chi connectivity index (χ0v) is 12.3. The van der Waals surface area contributed by atoms with Crippen LogP contribution in [0.5, 0.6) is 5.75 Å². The van der Waals surface area contributed by atoms with Crippen LogP contribution in [0.1, 0.15) is 12.8 Å². The topological polar surface area (TPSA) is 125 Å². The molecule has 3 N–H and O–H groups in total. The van der Waals surface area contributed by atoms with E-state index in [4.69, 9.17) is 10.5 Å². The second-order valence-electron chi connectivity index (χ2n) is 4.89. The van der Waals surface area contributed by atoms with Gasteiger partial charge in [-0.3, -0.25) is 10.1 Å². The summed E-state index contributed by atoms with van der Waals surface area (Å²) >= 11 is 0. The molecule has 21 heavy (non-hydrogen) atoms. The van der Waals surface area contributed by atoms with Crippen molar-refractivity contribution in [1.29, 1.82) is 0 Å². The van der Waals surface area contributed by atoms with Crippen LogP contribution in [0.3, 0.4) is 0 Å². The van der Waals surface area contributed by atoms with E-state index in [1.807, 2.05) is 0 Å². The third kappa shape index (κ3) is 3.49. The molecular formula is C12H17N3O5S. The van der Waals surface area contributed by atoms with Gasteiger partial charge in [-0.25, -0.2) is 13.1 Å². The summed E-state index contributed by atoms with van der Waals surface area (Å²) in [6.07, 6.45) is 1.89. The largest absolute Gasteiger partial charge is 0.495 e. The first kappa shape index (κ1) is 15.7. The third-order valence-electron chi connectivity index (χ3n) is 3.40. The van der Waals surface area contributed by atoms with Crippen LogP contribution >= 0.6 is 0 Å². The standard InChI is InChI=1S/C12H17N3O5S/c1-20-11-6-9(15(16)17)4-5-12(11)21(18,19)14-10(7-13)8-2-3-8/h4-6,8,10,14H,2-3,7,13H2,1H3. The van der Waals surface area contributed by atoms with Crippen LogP contribution in [-0.4, -0.2) is 33.0 Å². The molecule has 0 saturated heterocycles. The van der Waals surface area contributed by atoms with E-state index < -0.39 is 14.9 Å². The summed E-state index contributed by atoms with van der Waals surface area (Å²) in [5.41, 5.74) is 5.35. The van der Waals surface area contributed by atoms with Gasteiger partial charge in [0.25, 0.3) is 5.69 Å². The van der Waals surface area contributed by atoms with Crippen molar-refractivity contribution in [3.8, 4) is 5.75 Å². The molecule has 0 aliphatic heterocycles. The Bertz CT molecular complexity index is 642. The van der Waals surface area contributed by atoms with E-state index in [-0.39, 0.29) is 34.8 Å². The van der Waals surface area contributed by atoms with E-state index in [2.05, 4.69) is 4.72 Å². The molecule has 8 nitrogen and oxygen atoms in total. The Morgan fingerprint density at radius 3 is 2.67 bits per heavy atom. The molecule has 1 fully saturated rings. The van der Waals surface area contributed by atoms with Gasteiger partial charge in [-0.1, -0.05) is 0 Å². The monoisotopic (exact) mass is 315 g/mol. The number of ether oxygens (including phenoxy) is 1. The van der Waals surface area contributed by atoms with Crippen molar-refractivity contribution in [3.63, 3.8) is 0 Å². The van der Waals surface area contributed by atoms with Gasteiger partial charge in [0.15, 0.2) is 0 Å². The van der Waals surface area contributed by atoms with Crippen molar-refractivity contribution in [1.82, 2.24) is 4.72 Å². The Kier molecular flexibility index (Phi) is 4.45. The maximum Gasteiger partial charge on any atom is 0.273 e. The number of sulfonamides is 1. The maximum absolute atomic E-state index is 12.4. The average Bonchev–Trinajstić information content (AvgIpc) is 3.28. The van der Waals surface area contributed by atoms with Crippen molar-refractivity contribution in [3.05, 3.63) is 28.3 Å². The Morgan fingerprint density at radius 2 is 2.19 bits per heavy atom.